The van der Waals surface area contributed by atoms with Crippen LogP contribution in [-0.2, 0) is 15.6 Å². The van der Waals surface area contributed by atoms with Gasteiger partial charge in [-0.25, -0.2) is 10.1 Å². The number of allylic oxidation sites excluding steroid dienone is 6. The minimum absolute atomic E-state index is 0.0862. The van der Waals surface area contributed by atoms with E-state index in [4.69, 9.17) is 11.3 Å². The molecule has 3 heterocycles. The smallest absolute Gasteiger partial charge is 0.269 e. The van der Waals surface area contributed by atoms with Crippen molar-refractivity contribution in [3.63, 3.8) is 0 Å². The van der Waals surface area contributed by atoms with Crippen molar-refractivity contribution in [2.45, 2.75) is 90.9 Å². The zero-order chi connectivity index (χ0) is 28.1. The molecule has 3 aliphatic rings. The Hall–Kier alpha value is -3.02. The number of nitriles is 1. The zero-order valence-corrected chi connectivity index (χ0v) is 25.7. The van der Waals surface area contributed by atoms with Crippen molar-refractivity contribution in [2.75, 3.05) is 18.0 Å². The monoisotopic (exact) mass is 525 g/mol. The maximum absolute atomic E-state index is 9.50. The first-order valence-electron chi connectivity index (χ1n) is 13.8. The highest BCUT2D eigenvalue weighted by Gasteiger charge is 2.43. The molecule has 0 aliphatic carbocycles. The van der Waals surface area contributed by atoms with Crippen molar-refractivity contribution in [3.05, 3.63) is 81.3 Å². The van der Waals surface area contributed by atoms with Gasteiger partial charge in [-0.2, -0.15) is 0 Å². The predicted octanol–water partition coefficient (Wildman–Crippen LogP) is 8.73. The van der Waals surface area contributed by atoms with Gasteiger partial charge in [0, 0.05) is 32.3 Å². The van der Waals surface area contributed by atoms with E-state index in [1.807, 2.05) is 24.3 Å². The van der Waals surface area contributed by atoms with Crippen LogP contribution in [0.3, 0.4) is 0 Å². The van der Waals surface area contributed by atoms with Crippen LogP contribution in [0.15, 0.2) is 53.1 Å². The van der Waals surface area contributed by atoms with Crippen molar-refractivity contribution < 1.29 is 4.74 Å². The van der Waals surface area contributed by atoms with E-state index >= 15 is 0 Å². The van der Waals surface area contributed by atoms with E-state index in [9.17, 15) is 5.26 Å². The Morgan fingerprint density at radius 1 is 1.11 bits per heavy atom. The third-order valence-electron chi connectivity index (χ3n) is 8.17. The highest BCUT2D eigenvalue weighted by molar-refractivity contribution is 6.76. The van der Waals surface area contributed by atoms with Crippen molar-refractivity contribution in [3.8, 4) is 6.07 Å². The fourth-order valence-corrected chi connectivity index (χ4v) is 8.98. The molecule has 5 heteroatoms. The average Bonchev–Trinajstić information content (AvgIpc) is 2.81. The summed E-state index contributed by atoms with van der Waals surface area (Å²) in [5.74, 6) is 1.41. The summed E-state index contributed by atoms with van der Waals surface area (Å²) < 4.78 is 6.27. The van der Waals surface area contributed by atoms with Gasteiger partial charge in [0.25, 0.3) is 5.70 Å². The third kappa shape index (κ3) is 5.55. The molecule has 1 aromatic carbocycles. The minimum Gasteiger partial charge on any atom is -0.461 e. The molecule has 0 N–H and O–H groups in total. The standard InChI is InChI=1S/C33H43N3OSi/c1-31(2,3)29-20-24(28(21-34)35-7)19-25(37-29)12-11-23-17-26-30-27(18-23)33(6,22-38(8,9)10)14-16-36(30)15-13-32(26,4)5/h11-12,17-20H,13-16,22H2,1-6,8-10H3/b12-11+,28-24+. The van der Waals surface area contributed by atoms with E-state index in [-0.39, 0.29) is 21.9 Å². The van der Waals surface area contributed by atoms with Gasteiger partial charge in [-0.05, 0) is 82.3 Å². The van der Waals surface area contributed by atoms with Crippen molar-refractivity contribution in [1.82, 2.24) is 0 Å². The number of hydrogen-bond acceptors (Lipinski definition) is 3. The van der Waals surface area contributed by atoms with Crippen LogP contribution < -0.4 is 4.90 Å². The van der Waals surface area contributed by atoms with Crippen LogP contribution in [0.4, 0.5) is 5.69 Å². The number of anilines is 1. The maximum Gasteiger partial charge on any atom is 0.269 e. The number of nitrogens with zero attached hydrogens (tertiary/aromatic N) is 3. The molecule has 1 atom stereocenters. The van der Waals surface area contributed by atoms with Crippen LogP contribution in [0.2, 0.25) is 25.7 Å². The molecule has 38 heavy (non-hydrogen) atoms. The summed E-state index contributed by atoms with van der Waals surface area (Å²) in [4.78, 5) is 6.08. The first kappa shape index (κ1) is 28.0. The Kier molecular flexibility index (Phi) is 7.09. The fraction of sp³-hybridized carbons (Fsp3) is 0.515. The molecule has 200 valence electrons. The van der Waals surface area contributed by atoms with Gasteiger partial charge in [0.2, 0.25) is 0 Å². The Labute approximate surface area is 231 Å². The molecule has 0 fully saturated rings. The van der Waals surface area contributed by atoms with Gasteiger partial charge in [-0.1, -0.05) is 67.3 Å². The molecule has 4 nitrogen and oxygen atoms in total. The van der Waals surface area contributed by atoms with E-state index in [0.29, 0.717) is 11.3 Å². The van der Waals surface area contributed by atoms with Gasteiger partial charge < -0.3 is 9.64 Å². The topological polar surface area (TPSA) is 40.6 Å². The van der Waals surface area contributed by atoms with Gasteiger partial charge in [0.05, 0.1) is 12.6 Å². The van der Waals surface area contributed by atoms with Crippen LogP contribution in [0.5, 0.6) is 0 Å². The van der Waals surface area contributed by atoms with Crippen molar-refractivity contribution in [1.29, 1.82) is 5.26 Å². The Balaban J connectivity index is 1.82. The Bertz CT molecular complexity index is 1330. The Morgan fingerprint density at radius 3 is 2.37 bits per heavy atom. The third-order valence-corrected chi connectivity index (χ3v) is 10.0. The number of hydrogen-bond donors (Lipinski definition) is 0. The lowest BCUT2D eigenvalue weighted by Gasteiger charge is -2.50. The van der Waals surface area contributed by atoms with Gasteiger partial charge >= 0.3 is 0 Å². The summed E-state index contributed by atoms with van der Waals surface area (Å²) >= 11 is 0. The number of ether oxygens (including phenoxy) is 1. The molecule has 0 amide bonds. The quantitative estimate of drug-likeness (QED) is 0.224. The molecule has 0 radical (unpaired) electrons. The molecular weight excluding hydrogens is 482 g/mol. The molecule has 1 aromatic rings. The number of benzene rings is 1. The highest BCUT2D eigenvalue weighted by Crippen LogP contribution is 2.52. The lowest BCUT2D eigenvalue weighted by Crippen LogP contribution is -2.47. The predicted molar refractivity (Wildman–Crippen MR) is 161 cm³/mol. The van der Waals surface area contributed by atoms with Crippen LogP contribution in [0, 0.1) is 23.3 Å². The van der Waals surface area contributed by atoms with Gasteiger partial charge in [-0.3, -0.25) is 0 Å². The van der Waals surface area contributed by atoms with Crippen molar-refractivity contribution in [2.24, 2.45) is 5.41 Å². The first-order valence-corrected chi connectivity index (χ1v) is 17.5. The molecule has 0 spiro atoms. The minimum atomic E-state index is -1.29. The van der Waals surface area contributed by atoms with E-state index in [2.05, 4.69) is 89.1 Å². The second kappa shape index (κ2) is 9.62. The molecule has 0 aromatic heterocycles. The first-order chi connectivity index (χ1) is 17.6. The molecule has 0 saturated carbocycles. The van der Waals surface area contributed by atoms with Crippen LogP contribution in [0.1, 0.15) is 71.1 Å². The molecule has 3 aliphatic heterocycles. The number of rotatable bonds is 4. The zero-order valence-electron chi connectivity index (χ0n) is 24.7. The normalized spacial score (nSPS) is 24.0. The summed E-state index contributed by atoms with van der Waals surface area (Å²) in [6.45, 7) is 30.7. The van der Waals surface area contributed by atoms with Crippen molar-refractivity contribution >= 4 is 19.8 Å². The van der Waals surface area contributed by atoms with Crippen LogP contribution in [-0.4, -0.2) is 21.2 Å². The summed E-state index contributed by atoms with van der Waals surface area (Å²) in [5.41, 5.74) is 6.38. The van der Waals surface area contributed by atoms with Gasteiger partial charge in [0.1, 0.15) is 11.5 Å². The lowest BCUT2D eigenvalue weighted by atomic mass is 9.69. The molecule has 4 rings (SSSR count). The second-order valence-corrected chi connectivity index (χ2v) is 19.9. The lowest BCUT2D eigenvalue weighted by molar-refractivity contribution is 0.223. The maximum atomic E-state index is 9.50. The largest absolute Gasteiger partial charge is 0.461 e. The highest BCUT2D eigenvalue weighted by atomic mass is 28.3. The summed E-state index contributed by atoms with van der Waals surface area (Å²) in [6.07, 6.45) is 10.1. The van der Waals surface area contributed by atoms with Crippen LogP contribution in [0.25, 0.3) is 10.9 Å². The van der Waals surface area contributed by atoms with E-state index in [0.717, 1.165) is 25.3 Å². The summed E-state index contributed by atoms with van der Waals surface area (Å²) in [5, 5.41) is 9.50. The fourth-order valence-electron chi connectivity index (χ4n) is 6.27. The molecule has 0 bridgehead atoms. The van der Waals surface area contributed by atoms with Gasteiger partial charge in [-0.15, -0.1) is 0 Å². The molecule has 0 saturated heterocycles. The summed E-state index contributed by atoms with van der Waals surface area (Å²) in [7, 11) is -1.29. The molecule has 1 unspecified atom stereocenters. The second-order valence-electron chi connectivity index (χ2n) is 14.4. The van der Waals surface area contributed by atoms with E-state index in [1.165, 1.54) is 34.8 Å². The molecular formula is C33H43N3OSi. The van der Waals surface area contributed by atoms with Crippen LogP contribution >= 0.6 is 0 Å². The van der Waals surface area contributed by atoms with E-state index in [1.54, 1.807) is 0 Å². The van der Waals surface area contributed by atoms with Gasteiger partial charge in [0.15, 0.2) is 0 Å². The van der Waals surface area contributed by atoms with E-state index < -0.39 is 8.07 Å². The summed E-state index contributed by atoms with van der Waals surface area (Å²) in [6, 6.07) is 8.12. The SMILES string of the molecule is [C-]#[N+]/C(C#N)=C1C=C(/C=C/c2cc3c4c(c2)C(C)(C[Si](C)(C)C)CCN4CCC3(C)C)OC(C(C)(C)C)=C\1. The Morgan fingerprint density at radius 2 is 1.76 bits per heavy atom. The average molecular weight is 526 g/mol.